The Morgan fingerprint density at radius 3 is 2.85 bits per heavy atom. The predicted molar refractivity (Wildman–Crippen MR) is 78.8 cm³/mol. The minimum Gasteiger partial charge on any atom is -0.496 e. The Bertz CT molecular complexity index is 632. The lowest BCUT2D eigenvalue weighted by molar-refractivity contribution is 0.102. The Hall–Kier alpha value is -1.92. The average Bonchev–Trinajstić information content (AvgIpc) is 2.47. The van der Waals surface area contributed by atoms with E-state index in [1.165, 1.54) is 13.3 Å². The quantitative estimate of drug-likeness (QED) is 0.900. The van der Waals surface area contributed by atoms with Gasteiger partial charge in [-0.2, -0.15) is 0 Å². The fourth-order valence-corrected chi connectivity index (χ4v) is 2.08. The van der Waals surface area contributed by atoms with Gasteiger partial charge in [-0.25, -0.2) is 0 Å². The Kier molecular flexibility index (Phi) is 4.70. The second kappa shape index (κ2) is 6.49. The van der Waals surface area contributed by atoms with Gasteiger partial charge < -0.3 is 15.2 Å². The molecule has 0 radical (unpaired) electrons. The van der Waals surface area contributed by atoms with Crippen molar-refractivity contribution < 1.29 is 14.6 Å². The fourth-order valence-electron chi connectivity index (χ4n) is 1.72. The van der Waals surface area contributed by atoms with E-state index in [0.29, 0.717) is 22.6 Å². The second-order valence-electron chi connectivity index (χ2n) is 4.03. The molecular formula is C14H13BrN2O3. The SMILES string of the molecule is COc1ccc(NC(=O)c2cncc(Br)c2)cc1CO. The third kappa shape index (κ3) is 3.34. The second-order valence-corrected chi connectivity index (χ2v) is 4.95. The van der Waals surface area contributed by atoms with Crippen LogP contribution in [0.5, 0.6) is 5.75 Å². The molecule has 0 saturated heterocycles. The summed E-state index contributed by atoms with van der Waals surface area (Å²) < 4.78 is 5.84. The molecule has 0 aliphatic carbocycles. The lowest BCUT2D eigenvalue weighted by Crippen LogP contribution is -2.12. The molecule has 1 aromatic heterocycles. The molecular weight excluding hydrogens is 324 g/mol. The molecule has 2 rings (SSSR count). The highest BCUT2D eigenvalue weighted by atomic mass is 79.9. The van der Waals surface area contributed by atoms with Crippen LogP contribution in [0.4, 0.5) is 5.69 Å². The Labute approximate surface area is 124 Å². The maximum Gasteiger partial charge on any atom is 0.257 e. The predicted octanol–water partition coefficient (Wildman–Crippen LogP) is 2.60. The van der Waals surface area contributed by atoms with Crippen LogP contribution in [0, 0.1) is 0 Å². The van der Waals surface area contributed by atoms with Gasteiger partial charge in [-0.1, -0.05) is 0 Å². The number of aromatic nitrogens is 1. The van der Waals surface area contributed by atoms with Gasteiger partial charge in [-0.15, -0.1) is 0 Å². The van der Waals surface area contributed by atoms with Crippen LogP contribution in [-0.2, 0) is 6.61 Å². The summed E-state index contributed by atoms with van der Waals surface area (Å²) in [5, 5.41) is 12.0. The molecule has 0 saturated carbocycles. The number of hydrogen-bond donors (Lipinski definition) is 2. The molecule has 0 aliphatic heterocycles. The number of aliphatic hydroxyl groups excluding tert-OH is 1. The lowest BCUT2D eigenvalue weighted by Gasteiger charge is -2.10. The monoisotopic (exact) mass is 336 g/mol. The third-order valence-electron chi connectivity index (χ3n) is 2.68. The van der Waals surface area contributed by atoms with E-state index in [1.54, 1.807) is 30.5 Å². The van der Waals surface area contributed by atoms with Crippen molar-refractivity contribution in [1.29, 1.82) is 0 Å². The van der Waals surface area contributed by atoms with Crippen LogP contribution in [0.25, 0.3) is 0 Å². The summed E-state index contributed by atoms with van der Waals surface area (Å²) in [6.07, 6.45) is 3.09. The zero-order valence-corrected chi connectivity index (χ0v) is 12.3. The molecule has 1 heterocycles. The van der Waals surface area contributed by atoms with Crippen molar-refractivity contribution in [3.8, 4) is 5.75 Å². The zero-order valence-electron chi connectivity index (χ0n) is 10.8. The fraction of sp³-hybridized carbons (Fsp3) is 0.143. The molecule has 104 valence electrons. The molecule has 5 nitrogen and oxygen atoms in total. The number of carbonyl (C=O) groups excluding carboxylic acids is 1. The lowest BCUT2D eigenvalue weighted by atomic mass is 10.1. The molecule has 0 bridgehead atoms. The number of halogens is 1. The first-order valence-electron chi connectivity index (χ1n) is 5.83. The summed E-state index contributed by atoms with van der Waals surface area (Å²) in [5.74, 6) is 0.308. The number of aliphatic hydroxyl groups is 1. The highest BCUT2D eigenvalue weighted by Crippen LogP contribution is 2.23. The van der Waals surface area contributed by atoms with E-state index in [2.05, 4.69) is 26.2 Å². The van der Waals surface area contributed by atoms with Crippen molar-refractivity contribution in [2.45, 2.75) is 6.61 Å². The van der Waals surface area contributed by atoms with E-state index >= 15 is 0 Å². The van der Waals surface area contributed by atoms with Crippen molar-refractivity contribution in [3.63, 3.8) is 0 Å². The zero-order chi connectivity index (χ0) is 14.5. The van der Waals surface area contributed by atoms with E-state index in [0.717, 1.165) is 4.47 Å². The molecule has 1 amide bonds. The van der Waals surface area contributed by atoms with Gasteiger partial charge in [-0.3, -0.25) is 9.78 Å². The van der Waals surface area contributed by atoms with Crippen LogP contribution in [-0.4, -0.2) is 23.1 Å². The molecule has 6 heteroatoms. The van der Waals surface area contributed by atoms with Gasteiger partial charge in [0.2, 0.25) is 0 Å². The van der Waals surface area contributed by atoms with Crippen molar-refractivity contribution in [2.75, 3.05) is 12.4 Å². The molecule has 0 aliphatic rings. The summed E-state index contributed by atoms with van der Waals surface area (Å²) in [7, 11) is 1.53. The maximum atomic E-state index is 12.1. The van der Waals surface area contributed by atoms with Crippen LogP contribution in [0.1, 0.15) is 15.9 Å². The first kappa shape index (κ1) is 14.5. The minimum absolute atomic E-state index is 0.161. The number of benzene rings is 1. The van der Waals surface area contributed by atoms with Crippen LogP contribution in [0.15, 0.2) is 41.1 Å². The molecule has 0 spiro atoms. The van der Waals surface area contributed by atoms with E-state index in [-0.39, 0.29) is 12.5 Å². The molecule has 1 aromatic carbocycles. The molecule has 2 aromatic rings. The van der Waals surface area contributed by atoms with E-state index in [4.69, 9.17) is 4.74 Å². The Morgan fingerprint density at radius 2 is 2.20 bits per heavy atom. The molecule has 0 fully saturated rings. The Balaban J connectivity index is 2.19. The van der Waals surface area contributed by atoms with E-state index in [9.17, 15) is 9.90 Å². The number of carbonyl (C=O) groups is 1. The van der Waals surface area contributed by atoms with Gasteiger partial charge in [0.05, 0.1) is 19.3 Å². The van der Waals surface area contributed by atoms with E-state index < -0.39 is 0 Å². The third-order valence-corrected chi connectivity index (χ3v) is 3.11. The molecule has 20 heavy (non-hydrogen) atoms. The van der Waals surface area contributed by atoms with Crippen LogP contribution in [0.3, 0.4) is 0 Å². The van der Waals surface area contributed by atoms with Gasteiger partial charge in [0.1, 0.15) is 5.75 Å². The summed E-state index contributed by atoms with van der Waals surface area (Å²) in [6.45, 7) is -0.161. The Morgan fingerprint density at radius 1 is 1.40 bits per heavy atom. The standard InChI is InChI=1S/C14H13BrN2O3/c1-20-13-3-2-12(5-10(13)8-18)17-14(19)9-4-11(15)7-16-6-9/h2-7,18H,8H2,1H3,(H,17,19). The van der Waals surface area contributed by atoms with Crippen LogP contribution < -0.4 is 10.1 Å². The highest BCUT2D eigenvalue weighted by molar-refractivity contribution is 9.10. The number of nitrogens with one attached hydrogen (secondary N) is 1. The van der Waals surface area contributed by atoms with Crippen molar-refractivity contribution in [1.82, 2.24) is 4.98 Å². The molecule has 2 N–H and O–H groups in total. The van der Waals surface area contributed by atoms with E-state index in [1.807, 2.05) is 0 Å². The van der Waals surface area contributed by atoms with Crippen molar-refractivity contribution >= 4 is 27.5 Å². The van der Waals surface area contributed by atoms with Gasteiger partial charge in [0, 0.05) is 28.1 Å². The number of hydrogen-bond acceptors (Lipinski definition) is 4. The smallest absolute Gasteiger partial charge is 0.257 e. The van der Waals surface area contributed by atoms with Crippen LogP contribution >= 0.6 is 15.9 Å². The maximum absolute atomic E-state index is 12.1. The number of nitrogens with zero attached hydrogens (tertiary/aromatic N) is 1. The molecule has 0 atom stereocenters. The summed E-state index contributed by atoms with van der Waals surface area (Å²) in [6, 6.07) is 6.75. The number of ether oxygens (including phenoxy) is 1. The topological polar surface area (TPSA) is 71.5 Å². The van der Waals surface area contributed by atoms with Crippen molar-refractivity contribution in [3.05, 3.63) is 52.3 Å². The first-order valence-corrected chi connectivity index (χ1v) is 6.63. The first-order chi connectivity index (χ1) is 9.63. The highest BCUT2D eigenvalue weighted by Gasteiger charge is 2.09. The van der Waals surface area contributed by atoms with Gasteiger partial charge in [0.25, 0.3) is 5.91 Å². The summed E-state index contributed by atoms with van der Waals surface area (Å²) >= 11 is 3.27. The summed E-state index contributed by atoms with van der Waals surface area (Å²) in [5.41, 5.74) is 1.64. The number of rotatable bonds is 4. The van der Waals surface area contributed by atoms with Gasteiger partial charge in [-0.05, 0) is 40.2 Å². The number of amides is 1. The summed E-state index contributed by atoms with van der Waals surface area (Å²) in [4.78, 5) is 16.0. The largest absolute Gasteiger partial charge is 0.496 e. The number of methoxy groups -OCH3 is 1. The number of anilines is 1. The van der Waals surface area contributed by atoms with Crippen LogP contribution in [0.2, 0.25) is 0 Å². The number of pyridine rings is 1. The van der Waals surface area contributed by atoms with Gasteiger partial charge in [0.15, 0.2) is 0 Å². The van der Waals surface area contributed by atoms with Crippen molar-refractivity contribution in [2.24, 2.45) is 0 Å². The minimum atomic E-state index is -0.271. The average molecular weight is 337 g/mol. The molecule has 0 unspecified atom stereocenters. The normalized spacial score (nSPS) is 10.2. The van der Waals surface area contributed by atoms with Gasteiger partial charge >= 0.3 is 0 Å².